The number of phenols is 3. The molecular formula is C33H30N2O4. The lowest BCUT2D eigenvalue weighted by Crippen LogP contribution is -2.38. The number of phenolic OH excluding ortho intramolecular Hbond substituents is 3. The maximum atomic E-state index is 12.6. The molecule has 6 heteroatoms. The fourth-order valence-electron chi connectivity index (χ4n) is 4.81. The Balaban J connectivity index is 1.34. The van der Waals surface area contributed by atoms with Crippen LogP contribution in [0.15, 0.2) is 103 Å². The molecule has 0 saturated heterocycles. The Labute approximate surface area is 227 Å². The highest BCUT2D eigenvalue weighted by Gasteiger charge is 2.13. The summed E-state index contributed by atoms with van der Waals surface area (Å²) in [6.07, 6.45) is 1.36. The topological polar surface area (TPSA) is 93.0 Å². The number of fused-ring (bicyclic) bond motifs is 1. The van der Waals surface area contributed by atoms with Crippen LogP contribution in [0, 0.1) is 0 Å². The molecule has 0 heterocycles. The number of benzene rings is 5. The average molecular weight is 519 g/mol. The summed E-state index contributed by atoms with van der Waals surface area (Å²) in [5.41, 5.74) is 6.17. The van der Waals surface area contributed by atoms with Gasteiger partial charge in [0.05, 0.1) is 0 Å². The summed E-state index contributed by atoms with van der Waals surface area (Å²) in [5, 5.41) is 34.3. The van der Waals surface area contributed by atoms with Crippen molar-refractivity contribution in [3.63, 3.8) is 0 Å². The van der Waals surface area contributed by atoms with Crippen molar-refractivity contribution < 1.29 is 20.1 Å². The van der Waals surface area contributed by atoms with E-state index in [-0.39, 0.29) is 23.3 Å². The summed E-state index contributed by atoms with van der Waals surface area (Å²) < 4.78 is 0. The van der Waals surface area contributed by atoms with Crippen molar-refractivity contribution in [1.29, 1.82) is 0 Å². The zero-order valence-corrected chi connectivity index (χ0v) is 21.6. The maximum absolute atomic E-state index is 12.6. The molecule has 0 unspecified atom stereocenters. The molecule has 0 bridgehead atoms. The third kappa shape index (κ3) is 5.96. The Morgan fingerprint density at radius 3 is 2.15 bits per heavy atom. The molecule has 5 aromatic rings. The van der Waals surface area contributed by atoms with E-state index in [9.17, 15) is 20.1 Å². The van der Waals surface area contributed by atoms with Crippen LogP contribution in [0.1, 0.15) is 16.7 Å². The highest BCUT2D eigenvalue weighted by molar-refractivity contribution is 5.93. The molecule has 0 aromatic heterocycles. The van der Waals surface area contributed by atoms with Gasteiger partial charge in [-0.15, -0.1) is 0 Å². The number of nitrogens with one attached hydrogen (secondary N) is 1. The second-order valence-corrected chi connectivity index (χ2v) is 9.60. The van der Waals surface area contributed by atoms with Gasteiger partial charge in [-0.05, 0) is 100.0 Å². The molecule has 0 aliphatic heterocycles. The highest BCUT2D eigenvalue weighted by Crippen LogP contribution is 2.34. The molecular weight excluding hydrogens is 488 g/mol. The van der Waals surface area contributed by atoms with E-state index >= 15 is 0 Å². The van der Waals surface area contributed by atoms with Gasteiger partial charge >= 0.3 is 6.03 Å². The summed E-state index contributed by atoms with van der Waals surface area (Å²) >= 11 is 0. The first kappa shape index (κ1) is 25.7. The first-order chi connectivity index (χ1) is 18.9. The van der Waals surface area contributed by atoms with Crippen LogP contribution < -0.4 is 10.2 Å². The standard InChI is InChI=1S/C33H30N2O4/c1-35(26-8-12-28(37)13-9-26)33(39)34-18-17-22-3-2-4-23(19-22)20-32-30(24-5-10-27(36)11-6-24)15-7-25-21-29(38)14-16-31(25)32/h2-16,19,21,36-38H,17-18,20H2,1H3,(H,34,39). The van der Waals surface area contributed by atoms with Crippen molar-refractivity contribution in [3.05, 3.63) is 120 Å². The molecule has 0 atom stereocenters. The number of anilines is 1. The lowest BCUT2D eigenvalue weighted by Gasteiger charge is -2.18. The largest absolute Gasteiger partial charge is 0.508 e. The number of aromatic hydroxyl groups is 3. The predicted molar refractivity (Wildman–Crippen MR) is 156 cm³/mol. The lowest BCUT2D eigenvalue weighted by atomic mass is 9.89. The van der Waals surface area contributed by atoms with Crippen LogP contribution in [0.3, 0.4) is 0 Å². The van der Waals surface area contributed by atoms with Crippen LogP contribution in [0.4, 0.5) is 10.5 Å². The van der Waals surface area contributed by atoms with Gasteiger partial charge in [0.25, 0.3) is 0 Å². The molecule has 0 saturated carbocycles. The second kappa shape index (κ2) is 11.2. The number of amides is 2. The van der Waals surface area contributed by atoms with Crippen molar-refractivity contribution in [2.75, 3.05) is 18.5 Å². The van der Waals surface area contributed by atoms with Gasteiger partial charge in [-0.3, -0.25) is 4.90 Å². The fraction of sp³-hybridized carbons (Fsp3) is 0.121. The van der Waals surface area contributed by atoms with Crippen molar-refractivity contribution in [3.8, 4) is 28.4 Å². The molecule has 6 nitrogen and oxygen atoms in total. The van der Waals surface area contributed by atoms with Gasteiger partial charge < -0.3 is 20.6 Å². The van der Waals surface area contributed by atoms with Crippen molar-refractivity contribution >= 4 is 22.5 Å². The quantitative estimate of drug-likeness (QED) is 0.195. The molecule has 4 N–H and O–H groups in total. The number of urea groups is 1. The van der Waals surface area contributed by atoms with Crippen LogP contribution in [-0.4, -0.2) is 34.9 Å². The van der Waals surface area contributed by atoms with E-state index in [4.69, 9.17) is 0 Å². The summed E-state index contributed by atoms with van der Waals surface area (Å²) in [5.74, 6) is 0.607. The molecule has 196 valence electrons. The van der Waals surface area contributed by atoms with Gasteiger partial charge in [-0.2, -0.15) is 0 Å². The minimum atomic E-state index is -0.214. The Morgan fingerprint density at radius 1 is 0.744 bits per heavy atom. The van der Waals surface area contributed by atoms with Crippen molar-refractivity contribution in [2.45, 2.75) is 12.8 Å². The van der Waals surface area contributed by atoms with Crippen LogP contribution in [0.5, 0.6) is 17.2 Å². The van der Waals surface area contributed by atoms with E-state index in [2.05, 4.69) is 29.6 Å². The SMILES string of the molecule is CN(C(=O)NCCc1cccc(Cc2c(-c3ccc(O)cc3)ccc3cc(O)ccc23)c1)c1ccc(O)cc1. The molecule has 5 aromatic carbocycles. The average Bonchev–Trinajstić information content (AvgIpc) is 2.94. The molecule has 39 heavy (non-hydrogen) atoms. The van der Waals surface area contributed by atoms with Crippen LogP contribution in [0.2, 0.25) is 0 Å². The summed E-state index contributed by atoms with van der Waals surface area (Å²) in [4.78, 5) is 14.1. The predicted octanol–water partition coefficient (Wildman–Crippen LogP) is 6.60. The fourth-order valence-corrected chi connectivity index (χ4v) is 4.81. The Kier molecular flexibility index (Phi) is 7.37. The number of rotatable bonds is 7. The molecule has 0 spiro atoms. The highest BCUT2D eigenvalue weighted by atomic mass is 16.3. The van der Waals surface area contributed by atoms with Crippen LogP contribution in [0.25, 0.3) is 21.9 Å². The van der Waals surface area contributed by atoms with E-state index in [0.29, 0.717) is 25.1 Å². The molecule has 2 amide bonds. The first-order valence-electron chi connectivity index (χ1n) is 12.8. The van der Waals surface area contributed by atoms with E-state index < -0.39 is 0 Å². The van der Waals surface area contributed by atoms with Crippen LogP contribution in [-0.2, 0) is 12.8 Å². The zero-order chi connectivity index (χ0) is 27.4. The van der Waals surface area contributed by atoms with Gasteiger partial charge in [0.15, 0.2) is 0 Å². The van der Waals surface area contributed by atoms with Crippen molar-refractivity contribution in [2.24, 2.45) is 0 Å². The Hall–Kier alpha value is -4.97. The number of hydrogen-bond donors (Lipinski definition) is 4. The Morgan fingerprint density at radius 2 is 1.41 bits per heavy atom. The molecule has 0 aliphatic rings. The second-order valence-electron chi connectivity index (χ2n) is 9.60. The molecule has 0 aliphatic carbocycles. The molecule has 5 rings (SSSR count). The number of nitrogens with zero attached hydrogens (tertiary/aromatic N) is 1. The maximum Gasteiger partial charge on any atom is 0.321 e. The van der Waals surface area contributed by atoms with Crippen LogP contribution >= 0.6 is 0 Å². The molecule has 0 radical (unpaired) electrons. The monoisotopic (exact) mass is 518 g/mol. The van der Waals surface area contributed by atoms with Gasteiger partial charge in [-0.25, -0.2) is 4.79 Å². The first-order valence-corrected chi connectivity index (χ1v) is 12.8. The van der Waals surface area contributed by atoms with E-state index in [1.54, 1.807) is 55.6 Å². The normalized spacial score (nSPS) is 10.9. The number of hydrogen-bond acceptors (Lipinski definition) is 4. The minimum Gasteiger partial charge on any atom is -0.508 e. The Bertz CT molecular complexity index is 1610. The lowest BCUT2D eigenvalue weighted by molar-refractivity contribution is 0.247. The number of carbonyl (C=O) groups excluding carboxylic acids is 1. The third-order valence-corrected chi connectivity index (χ3v) is 6.90. The smallest absolute Gasteiger partial charge is 0.321 e. The van der Waals surface area contributed by atoms with Gasteiger partial charge in [0, 0.05) is 19.3 Å². The summed E-state index contributed by atoms with van der Waals surface area (Å²) in [7, 11) is 1.69. The minimum absolute atomic E-state index is 0.157. The zero-order valence-electron chi connectivity index (χ0n) is 21.6. The summed E-state index contributed by atoms with van der Waals surface area (Å²) in [6, 6.07) is 31.3. The van der Waals surface area contributed by atoms with E-state index in [1.807, 2.05) is 30.3 Å². The van der Waals surface area contributed by atoms with Gasteiger partial charge in [0.2, 0.25) is 0 Å². The van der Waals surface area contributed by atoms with Gasteiger partial charge in [-0.1, -0.05) is 54.6 Å². The van der Waals surface area contributed by atoms with E-state index in [1.165, 1.54) is 4.90 Å². The molecule has 0 fully saturated rings. The number of carbonyl (C=O) groups is 1. The third-order valence-electron chi connectivity index (χ3n) is 6.90. The van der Waals surface area contributed by atoms with E-state index in [0.717, 1.165) is 38.6 Å². The van der Waals surface area contributed by atoms with Crippen molar-refractivity contribution in [1.82, 2.24) is 5.32 Å². The summed E-state index contributed by atoms with van der Waals surface area (Å²) in [6.45, 7) is 0.483. The van der Waals surface area contributed by atoms with Gasteiger partial charge in [0.1, 0.15) is 17.2 Å².